The fourth-order valence-electron chi connectivity index (χ4n) is 6.38. The van der Waals surface area contributed by atoms with Crippen molar-refractivity contribution in [2.45, 2.75) is 61.7 Å². The van der Waals surface area contributed by atoms with E-state index in [1.54, 1.807) is 6.07 Å². The molecule has 1 saturated heterocycles. The van der Waals surface area contributed by atoms with Crippen LogP contribution in [0.4, 0.5) is 0 Å². The van der Waals surface area contributed by atoms with Crippen molar-refractivity contribution in [3.8, 4) is 11.5 Å². The van der Waals surface area contributed by atoms with Crippen LogP contribution < -0.4 is 4.74 Å². The maximum absolute atomic E-state index is 12.1. The molecule has 3 N–H and O–H groups in total. The van der Waals surface area contributed by atoms with Crippen LogP contribution in [0.15, 0.2) is 17.3 Å². The van der Waals surface area contributed by atoms with Crippen molar-refractivity contribution in [3.63, 3.8) is 0 Å². The Balaban J connectivity index is 1.58. The number of likely N-dealkylation sites (tertiary alicyclic amines) is 1. The molecule has 3 aliphatic carbocycles. The van der Waals surface area contributed by atoms with Gasteiger partial charge in [-0.15, -0.1) is 0 Å². The average molecular weight is 356 g/mol. The highest BCUT2D eigenvalue weighted by molar-refractivity contribution is 5.94. The molecule has 0 aromatic heterocycles. The predicted molar refractivity (Wildman–Crippen MR) is 94.0 cm³/mol. The van der Waals surface area contributed by atoms with Gasteiger partial charge in [-0.25, -0.2) is 0 Å². The van der Waals surface area contributed by atoms with E-state index in [1.807, 2.05) is 6.07 Å². The smallest absolute Gasteiger partial charge is 0.166 e. The number of phenols is 1. The molecule has 3 fully saturated rings. The van der Waals surface area contributed by atoms with E-state index in [0.717, 1.165) is 43.0 Å². The van der Waals surface area contributed by atoms with E-state index in [9.17, 15) is 15.4 Å². The third-order valence-electron chi connectivity index (χ3n) is 7.71. The molecule has 0 radical (unpaired) electrons. The molecule has 138 valence electrons. The Kier molecular flexibility index (Phi) is 2.78. The van der Waals surface area contributed by atoms with Crippen molar-refractivity contribution >= 4 is 5.71 Å². The minimum Gasteiger partial charge on any atom is -0.504 e. The fraction of sp³-hybridized carbons (Fsp3) is 0.650. The van der Waals surface area contributed by atoms with E-state index in [1.165, 1.54) is 12.8 Å². The monoisotopic (exact) mass is 356 g/mol. The van der Waals surface area contributed by atoms with Crippen LogP contribution in [0.3, 0.4) is 0 Å². The summed E-state index contributed by atoms with van der Waals surface area (Å²) < 4.78 is 6.19. The molecular weight excluding hydrogens is 332 g/mol. The van der Waals surface area contributed by atoms with E-state index in [4.69, 9.17) is 4.74 Å². The maximum Gasteiger partial charge on any atom is 0.166 e. The molecule has 2 aliphatic heterocycles. The summed E-state index contributed by atoms with van der Waals surface area (Å²) in [7, 11) is 0. The molecule has 6 nitrogen and oxygen atoms in total. The fourth-order valence-corrected chi connectivity index (χ4v) is 6.38. The van der Waals surface area contributed by atoms with Crippen LogP contribution in [0.5, 0.6) is 11.5 Å². The van der Waals surface area contributed by atoms with Crippen LogP contribution in [-0.4, -0.2) is 56.9 Å². The zero-order valence-corrected chi connectivity index (χ0v) is 14.7. The summed E-state index contributed by atoms with van der Waals surface area (Å²) in [5.74, 6) is 1.38. The van der Waals surface area contributed by atoms with Crippen molar-refractivity contribution in [2.24, 2.45) is 11.1 Å². The summed E-state index contributed by atoms with van der Waals surface area (Å²) in [6.07, 6.45) is 4.77. The molecule has 26 heavy (non-hydrogen) atoms. The van der Waals surface area contributed by atoms with Crippen molar-refractivity contribution < 1.29 is 20.2 Å². The van der Waals surface area contributed by atoms with Gasteiger partial charge in [0.2, 0.25) is 0 Å². The van der Waals surface area contributed by atoms with E-state index < -0.39 is 17.1 Å². The largest absolute Gasteiger partial charge is 0.504 e. The highest BCUT2D eigenvalue weighted by Crippen LogP contribution is 2.65. The van der Waals surface area contributed by atoms with E-state index in [-0.39, 0.29) is 11.8 Å². The Morgan fingerprint density at radius 1 is 1.27 bits per heavy atom. The number of piperidine rings is 1. The Hall–Kier alpha value is -1.79. The zero-order valence-electron chi connectivity index (χ0n) is 14.7. The van der Waals surface area contributed by atoms with Gasteiger partial charge >= 0.3 is 0 Å². The molecule has 5 aliphatic rings. The first-order valence-electron chi connectivity index (χ1n) is 9.78. The van der Waals surface area contributed by atoms with Crippen molar-refractivity contribution in [1.82, 2.24) is 4.90 Å². The Morgan fingerprint density at radius 3 is 2.88 bits per heavy atom. The molecule has 6 rings (SSSR count). The summed E-state index contributed by atoms with van der Waals surface area (Å²) in [4.78, 5) is 2.49. The number of phenolic OH excluding ortho intramolecular Hbond substituents is 1. The molecule has 1 spiro atoms. The lowest BCUT2D eigenvalue weighted by molar-refractivity contribution is -0.167. The van der Waals surface area contributed by atoms with Crippen LogP contribution >= 0.6 is 0 Å². The minimum absolute atomic E-state index is 0.0613. The number of benzene rings is 1. The van der Waals surface area contributed by atoms with Crippen molar-refractivity contribution in [2.75, 3.05) is 13.1 Å². The Morgan fingerprint density at radius 2 is 2.12 bits per heavy atom. The van der Waals surface area contributed by atoms with Gasteiger partial charge in [0, 0.05) is 18.2 Å². The van der Waals surface area contributed by atoms with Crippen molar-refractivity contribution in [3.05, 3.63) is 23.3 Å². The van der Waals surface area contributed by atoms with Crippen molar-refractivity contribution in [1.29, 1.82) is 0 Å². The molecule has 4 unspecified atom stereocenters. The number of aliphatic hydroxyl groups is 1. The van der Waals surface area contributed by atoms with Gasteiger partial charge in [-0.05, 0) is 62.6 Å². The molecular formula is C20H24N2O4. The van der Waals surface area contributed by atoms with Gasteiger partial charge in [0.1, 0.15) is 0 Å². The summed E-state index contributed by atoms with van der Waals surface area (Å²) >= 11 is 0. The Labute approximate surface area is 152 Å². The number of nitrogens with zero attached hydrogens (tertiary/aromatic N) is 2. The first kappa shape index (κ1) is 15.3. The van der Waals surface area contributed by atoms with Gasteiger partial charge in [0.15, 0.2) is 17.6 Å². The summed E-state index contributed by atoms with van der Waals surface area (Å²) in [5.41, 5.74) is 1.19. The molecule has 2 heterocycles. The third kappa shape index (κ3) is 1.59. The summed E-state index contributed by atoms with van der Waals surface area (Å²) in [6.45, 7) is 1.98. The van der Waals surface area contributed by atoms with Gasteiger partial charge in [0.25, 0.3) is 0 Å². The topological polar surface area (TPSA) is 85.5 Å². The maximum atomic E-state index is 12.1. The second kappa shape index (κ2) is 4.73. The number of aromatic hydroxyl groups is 1. The molecule has 1 aromatic rings. The second-order valence-corrected chi connectivity index (χ2v) is 8.84. The minimum atomic E-state index is -0.912. The van der Waals surface area contributed by atoms with Crippen LogP contribution in [0, 0.1) is 5.92 Å². The number of ether oxygens (including phenoxy) is 1. The molecule has 1 aromatic carbocycles. The van der Waals surface area contributed by atoms with Crippen LogP contribution in [0.1, 0.15) is 43.2 Å². The number of rotatable bonds is 2. The summed E-state index contributed by atoms with van der Waals surface area (Å²) in [5, 5.41) is 35.6. The lowest BCUT2D eigenvalue weighted by Crippen LogP contribution is -2.76. The zero-order chi connectivity index (χ0) is 17.7. The lowest BCUT2D eigenvalue weighted by Gasteiger charge is -2.63. The third-order valence-corrected chi connectivity index (χ3v) is 7.71. The van der Waals surface area contributed by atoms with Crippen LogP contribution in [-0.2, 0) is 11.8 Å². The second-order valence-electron chi connectivity index (χ2n) is 8.84. The normalized spacial score (nSPS) is 41.8. The average Bonchev–Trinajstić information content (AvgIpc) is 3.37. The highest BCUT2D eigenvalue weighted by atomic mass is 16.5. The number of hydrogen-bond acceptors (Lipinski definition) is 6. The Bertz CT molecular complexity index is 835. The molecule has 6 heteroatoms. The number of oxime groups is 1. The quantitative estimate of drug-likeness (QED) is 0.556. The van der Waals surface area contributed by atoms with Gasteiger partial charge in [-0.1, -0.05) is 11.2 Å². The standard InChI is InChI=1S/C20H24N2O4/c23-14-4-3-12-9-15-20(24)6-5-13(21-25)18-19(20,16(12)17(14)26-18)7-8-22(15)10-11-1-2-11/h3-4,11,15,18,23-25H,1-2,5-10H2/b21-13-. The van der Waals surface area contributed by atoms with E-state index in [0.29, 0.717) is 24.3 Å². The predicted octanol–water partition coefficient (Wildman–Crippen LogP) is 1.79. The lowest BCUT2D eigenvalue weighted by atomic mass is 9.49. The first-order chi connectivity index (χ1) is 12.6. The first-order valence-corrected chi connectivity index (χ1v) is 9.78. The number of hydrogen-bond donors (Lipinski definition) is 3. The molecule has 2 saturated carbocycles. The molecule has 4 atom stereocenters. The van der Waals surface area contributed by atoms with Gasteiger partial charge < -0.3 is 20.2 Å². The summed E-state index contributed by atoms with van der Waals surface area (Å²) in [6, 6.07) is 3.74. The van der Waals surface area contributed by atoms with Gasteiger partial charge in [-0.3, -0.25) is 4.90 Å². The van der Waals surface area contributed by atoms with Gasteiger partial charge in [0.05, 0.1) is 16.7 Å². The van der Waals surface area contributed by atoms with Crippen LogP contribution in [0.25, 0.3) is 0 Å². The molecule has 0 amide bonds. The molecule has 2 bridgehead atoms. The van der Waals surface area contributed by atoms with Gasteiger partial charge in [-0.2, -0.15) is 0 Å². The SMILES string of the molecule is O/N=C1/CCC2(O)C3Cc4ccc(O)c5c4C2(CCN3CC2CC2)C1O5. The van der Waals surface area contributed by atoms with E-state index >= 15 is 0 Å². The van der Waals surface area contributed by atoms with Crippen LogP contribution in [0.2, 0.25) is 0 Å². The van der Waals surface area contributed by atoms with E-state index in [2.05, 4.69) is 10.1 Å². The highest BCUT2D eigenvalue weighted by Gasteiger charge is 2.72.